The molecule has 0 aliphatic carbocycles. The first-order valence-electron chi connectivity index (χ1n) is 10.4. The zero-order chi connectivity index (χ0) is 20.6. The largest absolute Gasteiger partial charge is 1.00 e. The van der Waals surface area contributed by atoms with Gasteiger partial charge in [0.15, 0.2) is 11.7 Å². The van der Waals surface area contributed by atoms with E-state index in [1.165, 1.54) is 28.5 Å². The molecule has 0 radical (unpaired) electrons. The van der Waals surface area contributed by atoms with Crippen LogP contribution in [0.3, 0.4) is 0 Å². The fourth-order valence-electron chi connectivity index (χ4n) is 5.31. The van der Waals surface area contributed by atoms with Crippen molar-refractivity contribution >= 4 is 23.1 Å². The average Bonchev–Trinajstić information content (AvgIpc) is 3.27. The van der Waals surface area contributed by atoms with Crippen LogP contribution in [0.5, 0.6) is 0 Å². The van der Waals surface area contributed by atoms with E-state index in [9.17, 15) is 0 Å². The molecule has 3 aliphatic rings. The predicted octanol–water partition coefficient (Wildman–Crippen LogP) is -0.457. The Morgan fingerprint density at radius 2 is 1.71 bits per heavy atom. The van der Waals surface area contributed by atoms with Crippen LogP contribution in [0.25, 0.3) is 11.2 Å². The highest BCUT2D eigenvalue weighted by Crippen LogP contribution is 2.49. The Kier molecular flexibility index (Phi) is 4.38. The Labute approximate surface area is 188 Å². The Morgan fingerprint density at radius 3 is 2.45 bits per heavy atom. The molecule has 2 aromatic heterocycles. The van der Waals surface area contributed by atoms with Gasteiger partial charge in [0.1, 0.15) is 22.9 Å². The molecular formula is C24H26ClN6+. The summed E-state index contributed by atoms with van der Waals surface area (Å²) >= 11 is 0. The Morgan fingerprint density at radius 1 is 0.968 bits per heavy atom. The van der Waals surface area contributed by atoms with Crippen molar-refractivity contribution in [2.75, 3.05) is 38.0 Å². The van der Waals surface area contributed by atoms with Gasteiger partial charge in [0.05, 0.1) is 40.6 Å². The van der Waals surface area contributed by atoms with Crippen LogP contribution in [-0.4, -0.2) is 54.2 Å². The highest BCUT2D eigenvalue weighted by atomic mass is 35.5. The number of pyridine rings is 1. The number of nitrogens with zero attached hydrogens (tertiary/aromatic N) is 6. The smallest absolute Gasteiger partial charge is 0.369 e. The lowest BCUT2D eigenvalue weighted by Crippen LogP contribution is -3.00. The summed E-state index contributed by atoms with van der Waals surface area (Å²) in [5.74, 6) is 2.36. The van der Waals surface area contributed by atoms with Gasteiger partial charge < -0.3 is 12.4 Å². The molecule has 0 amide bonds. The Hall–Kier alpha value is -3.25. The van der Waals surface area contributed by atoms with Gasteiger partial charge in [-0.3, -0.25) is 9.48 Å². The van der Waals surface area contributed by atoms with Crippen molar-refractivity contribution in [2.45, 2.75) is 12.1 Å². The molecule has 0 saturated carbocycles. The molecule has 7 heteroatoms. The maximum Gasteiger partial charge on any atom is 0.369 e. The van der Waals surface area contributed by atoms with E-state index in [1.807, 2.05) is 0 Å². The molecule has 1 aromatic carbocycles. The molecular weight excluding hydrogens is 408 g/mol. The average molecular weight is 434 g/mol. The number of allylic oxidation sites excluding steroid dienone is 2. The third kappa shape index (κ3) is 2.45. The van der Waals surface area contributed by atoms with Crippen molar-refractivity contribution in [3.05, 3.63) is 78.8 Å². The summed E-state index contributed by atoms with van der Waals surface area (Å²) in [6.07, 6.45) is 11.0. The third-order valence-corrected chi connectivity index (χ3v) is 6.28. The van der Waals surface area contributed by atoms with Gasteiger partial charge in [-0.15, -0.1) is 0 Å². The van der Waals surface area contributed by atoms with E-state index in [4.69, 9.17) is 0 Å². The second kappa shape index (κ2) is 6.89. The standard InChI is InChI=1S/C24H26N6.ClH/c1-25(2)23-27-15-9-7-13-19(27)21-22-20-14-8-10-16-28(20)24(26(3)4)30(22)18-12-6-5-11-17(18)29(21)23;/h5-16,19,21H,1-4H3;1H/q+2;/p-1. The third-order valence-electron chi connectivity index (χ3n) is 6.28. The number of guanidine groups is 1. The first-order valence-corrected chi connectivity index (χ1v) is 10.4. The molecule has 6 nitrogen and oxygen atoms in total. The molecule has 6 rings (SSSR count). The number of aromatic nitrogens is 2. The van der Waals surface area contributed by atoms with E-state index >= 15 is 0 Å². The predicted molar refractivity (Wildman–Crippen MR) is 119 cm³/mol. The second-order valence-electron chi connectivity index (χ2n) is 8.49. The van der Waals surface area contributed by atoms with Crippen LogP contribution in [0.4, 0.5) is 11.6 Å². The van der Waals surface area contributed by atoms with Gasteiger partial charge in [0.25, 0.3) is 0 Å². The maximum atomic E-state index is 2.52. The summed E-state index contributed by atoms with van der Waals surface area (Å²) in [5.41, 5.74) is 5.01. The molecule has 3 aliphatic heterocycles. The number of hydrogen-bond acceptors (Lipinski definition) is 1. The van der Waals surface area contributed by atoms with Crippen molar-refractivity contribution in [1.82, 2.24) is 9.47 Å². The molecule has 3 aromatic rings. The van der Waals surface area contributed by atoms with Gasteiger partial charge >= 0.3 is 11.9 Å². The minimum atomic E-state index is 0. The topological polar surface area (TPSA) is 21.8 Å². The van der Waals surface area contributed by atoms with Gasteiger partial charge in [0, 0.05) is 0 Å². The number of para-hydroxylation sites is 2. The summed E-state index contributed by atoms with van der Waals surface area (Å²) in [7, 11) is 8.52. The van der Waals surface area contributed by atoms with Gasteiger partial charge in [0.2, 0.25) is 0 Å². The molecule has 0 bridgehead atoms. The quantitative estimate of drug-likeness (QED) is 0.485. The van der Waals surface area contributed by atoms with Crippen molar-refractivity contribution in [3.8, 4) is 5.69 Å². The Bertz CT molecular complexity index is 1280. The monoisotopic (exact) mass is 433 g/mol. The van der Waals surface area contributed by atoms with Crippen LogP contribution in [-0.2, 0) is 0 Å². The van der Waals surface area contributed by atoms with Crippen LogP contribution in [0.15, 0.2) is 73.1 Å². The van der Waals surface area contributed by atoms with E-state index in [-0.39, 0.29) is 24.5 Å². The van der Waals surface area contributed by atoms with Crippen molar-refractivity contribution < 1.29 is 21.4 Å². The van der Waals surface area contributed by atoms with Gasteiger partial charge in [-0.2, -0.15) is 4.57 Å². The number of fused-ring (bicyclic) bond motifs is 10. The molecule has 1 fully saturated rings. The number of hydrogen-bond donors (Lipinski definition) is 0. The number of benzene rings is 1. The molecule has 0 N–H and O–H groups in total. The number of halogens is 1. The normalized spacial score (nSPS) is 20.2. The van der Waals surface area contributed by atoms with Crippen LogP contribution >= 0.6 is 0 Å². The van der Waals surface area contributed by atoms with Crippen LogP contribution < -0.4 is 26.6 Å². The van der Waals surface area contributed by atoms with Crippen molar-refractivity contribution in [1.29, 1.82) is 0 Å². The van der Waals surface area contributed by atoms with Crippen molar-refractivity contribution in [3.63, 3.8) is 0 Å². The van der Waals surface area contributed by atoms with Crippen LogP contribution in [0.2, 0.25) is 0 Å². The summed E-state index contributed by atoms with van der Waals surface area (Å²) in [6.45, 7) is 0. The minimum absolute atomic E-state index is 0. The van der Waals surface area contributed by atoms with Crippen LogP contribution in [0, 0.1) is 0 Å². The van der Waals surface area contributed by atoms with E-state index in [0.717, 1.165) is 5.95 Å². The molecule has 1 saturated heterocycles. The van der Waals surface area contributed by atoms with Gasteiger partial charge in [-0.1, -0.05) is 24.3 Å². The second-order valence-corrected chi connectivity index (χ2v) is 8.49. The van der Waals surface area contributed by atoms with Gasteiger partial charge in [-0.25, -0.2) is 14.2 Å². The lowest BCUT2D eigenvalue weighted by Gasteiger charge is -2.28. The molecule has 2 atom stereocenters. The number of anilines is 2. The van der Waals surface area contributed by atoms with Crippen molar-refractivity contribution in [2.24, 2.45) is 0 Å². The highest BCUT2D eigenvalue weighted by Gasteiger charge is 2.58. The first kappa shape index (κ1) is 19.7. The van der Waals surface area contributed by atoms with E-state index in [1.54, 1.807) is 0 Å². The molecule has 2 unspecified atom stereocenters. The molecule has 5 heterocycles. The highest BCUT2D eigenvalue weighted by molar-refractivity contribution is 6.01. The molecule has 158 valence electrons. The number of imidazole rings is 1. The minimum Gasteiger partial charge on any atom is -1.00 e. The first-order chi connectivity index (χ1) is 14.6. The van der Waals surface area contributed by atoms with E-state index in [0.29, 0.717) is 0 Å². The number of rotatable bonds is 1. The summed E-state index contributed by atoms with van der Waals surface area (Å²) in [5, 5.41) is 0. The lowest BCUT2D eigenvalue weighted by molar-refractivity contribution is -0.497. The lowest BCUT2D eigenvalue weighted by atomic mass is 9.98. The van der Waals surface area contributed by atoms with Crippen LogP contribution in [0.1, 0.15) is 11.7 Å². The summed E-state index contributed by atoms with van der Waals surface area (Å²) < 4.78 is 7.00. The summed E-state index contributed by atoms with van der Waals surface area (Å²) in [4.78, 5) is 7.13. The SMILES string of the molecule is CN(C)c1n2c(c3cccc[n+]13)C1C3C=CC=CN3C(=[N+](C)C)N1c1ccccc1-2.[Cl-]. The zero-order valence-electron chi connectivity index (χ0n) is 18.1. The maximum absolute atomic E-state index is 2.52. The fraction of sp³-hybridized carbons (Fsp3) is 0.250. The summed E-state index contributed by atoms with van der Waals surface area (Å²) in [6, 6.07) is 15.6. The molecule has 0 spiro atoms. The Balaban J connectivity index is 0.00000204. The van der Waals surface area contributed by atoms with E-state index < -0.39 is 0 Å². The zero-order valence-corrected chi connectivity index (χ0v) is 18.9. The van der Waals surface area contributed by atoms with Gasteiger partial charge in [-0.05, 0) is 36.4 Å². The fourth-order valence-corrected chi connectivity index (χ4v) is 5.31. The van der Waals surface area contributed by atoms with E-state index in [2.05, 4.69) is 130 Å². The molecule has 31 heavy (non-hydrogen) atoms.